The van der Waals surface area contributed by atoms with Gasteiger partial charge >= 0.3 is 0 Å². The first kappa shape index (κ1) is 20.2. The van der Waals surface area contributed by atoms with Gasteiger partial charge in [-0.15, -0.1) is 0 Å². The molecule has 0 saturated carbocycles. The number of nitrogens with zero attached hydrogens (tertiary/aromatic N) is 4. The summed E-state index contributed by atoms with van der Waals surface area (Å²) in [5.74, 6) is 0.803. The van der Waals surface area contributed by atoms with Crippen molar-refractivity contribution in [1.29, 1.82) is 0 Å². The highest BCUT2D eigenvalue weighted by molar-refractivity contribution is 6.28. The zero-order chi connectivity index (χ0) is 21.6. The number of aromatic nitrogens is 3. The fourth-order valence-electron chi connectivity index (χ4n) is 2.89. The van der Waals surface area contributed by atoms with Gasteiger partial charge < -0.3 is 5.32 Å². The van der Waals surface area contributed by atoms with Gasteiger partial charge in [0.25, 0.3) is 5.69 Å². The average molecular weight is 430 g/mol. The zero-order valence-corrected chi connectivity index (χ0v) is 16.9. The fraction of sp³-hybridized carbons (Fsp3) is 0. The number of hydrogen-bond donors (Lipinski definition) is 1. The molecule has 0 aliphatic rings. The number of nitro benzene ring substituents is 1. The van der Waals surface area contributed by atoms with E-state index < -0.39 is 4.92 Å². The minimum absolute atomic E-state index is 0.0557. The third-order valence-electron chi connectivity index (χ3n) is 4.41. The van der Waals surface area contributed by atoms with Crippen molar-refractivity contribution in [3.8, 4) is 11.4 Å². The smallest absolute Gasteiger partial charge is 0.269 e. The first-order valence-corrected chi connectivity index (χ1v) is 9.72. The van der Waals surface area contributed by atoms with Crippen LogP contribution in [0.1, 0.15) is 11.1 Å². The highest BCUT2D eigenvalue weighted by Crippen LogP contribution is 2.24. The molecule has 1 heterocycles. The molecule has 0 saturated heterocycles. The largest absolute Gasteiger partial charge is 0.323 e. The maximum atomic E-state index is 10.8. The van der Waals surface area contributed by atoms with Crippen molar-refractivity contribution < 1.29 is 4.92 Å². The second kappa shape index (κ2) is 9.15. The van der Waals surface area contributed by atoms with E-state index in [2.05, 4.69) is 20.3 Å². The third-order valence-corrected chi connectivity index (χ3v) is 4.58. The SMILES string of the molecule is O=[N+]([O-])c1ccc(/C=C/c2ccccc2Nc2nc(Cl)nc(-c3ccccc3)n2)cc1. The molecule has 7 nitrogen and oxygen atoms in total. The maximum absolute atomic E-state index is 10.8. The summed E-state index contributed by atoms with van der Waals surface area (Å²) in [5, 5.41) is 14.1. The summed E-state index contributed by atoms with van der Waals surface area (Å²) in [6, 6.07) is 23.5. The summed E-state index contributed by atoms with van der Waals surface area (Å²) in [7, 11) is 0. The van der Waals surface area contributed by atoms with E-state index in [0.717, 1.165) is 22.4 Å². The number of nitrogens with one attached hydrogen (secondary N) is 1. The summed E-state index contributed by atoms with van der Waals surface area (Å²) < 4.78 is 0. The Morgan fingerprint density at radius 2 is 1.55 bits per heavy atom. The number of rotatable bonds is 6. The van der Waals surface area contributed by atoms with Gasteiger partial charge in [-0.3, -0.25) is 10.1 Å². The fourth-order valence-corrected chi connectivity index (χ4v) is 3.05. The van der Waals surface area contributed by atoms with Crippen molar-refractivity contribution in [3.05, 3.63) is 105 Å². The van der Waals surface area contributed by atoms with E-state index in [-0.39, 0.29) is 11.0 Å². The molecule has 0 spiro atoms. The van der Waals surface area contributed by atoms with Crippen LogP contribution in [0.4, 0.5) is 17.3 Å². The number of anilines is 2. The molecule has 31 heavy (non-hydrogen) atoms. The normalized spacial score (nSPS) is 10.9. The molecule has 0 fully saturated rings. The van der Waals surface area contributed by atoms with E-state index in [1.54, 1.807) is 12.1 Å². The molecule has 0 radical (unpaired) electrons. The number of para-hydroxylation sites is 1. The Bertz CT molecular complexity index is 1240. The average Bonchev–Trinajstić information content (AvgIpc) is 2.79. The Kier molecular flexibility index (Phi) is 5.96. The van der Waals surface area contributed by atoms with Gasteiger partial charge in [0.15, 0.2) is 5.82 Å². The molecule has 0 aliphatic carbocycles. The molecule has 4 rings (SSSR count). The molecule has 1 aromatic heterocycles. The lowest BCUT2D eigenvalue weighted by Gasteiger charge is -2.09. The number of halogens is 1. The second-order valence-corrected chi connectivity index (χ2v) is 6.85. The number of benzene rings is 3. The van der Waals surface area contributed by atoms with Crippen LogP contribution in [-0.4, -0.2) is 19.9 Å². The Hall–Kier alpha value is -4.10. The highest BCUT2D eigenvalue weighted by atomic mass is 35.5. The van der Waals surface area contributed by atoms with Crippen molar-refractivity contribution in [2.24, 2.45) is 0 Å². The molecule has 152 valence electrons. The van der Waals surface area contributed by atoms with Gasteiger partial charge in [-0.1, -0.05) is 60.7 Å². The Labute approximate surface area is 183 Å². The van der Waals surface area contributed by atoms with Gasteiger partial charge in [0, 0.05) is 23.4 Å². The Morgan fingerprint density at radius 1 is 0.839 bits per heavy atom. The predicted molar refractivity (Wildman–Crippen MR) is 122 cm³/mol. The van der Waals surface area contributed by atoms with E-state index in [9.17, 15) is 10.1 Å². The quantitative estimate of drug-likeness (QED) is 0.229. The maximum Gasteiger partial charge on any atom is 0.269 e. The van der Waals surface area contributed by atoms with Crippen LogP contribution in [-0.2, 0) is 0 Å². The lowest BCUT2D eigenvalue weighted by atomic mass is 10.1. The number of non-ortho nitro benzene ring substituents is 1. The minimum Gasteiger partial charge on any atom is -0.323 e. The van der Waals surface area contributed by atoms with Crippen LogP contribution in [0.25, 0.3) is 23.5 Å². The van der Waals surface area contributed by atoms with E-state index in [4.69, 9.17) is 11.6 Å². The van der Waals surface area contributed by atoms with E-state index in [1.807, 2.05) is 66.7 Å². The molecule has 8 heteroatoms. The first-order valence-electron chi connectivity index (χ1n) is 9.34. The van der Waals surface area contributed by atoms with E-state index in [0.29, 0.717) is 11.8 Å². The van der Waals surface area contributed by atoms with Crippen molar-refractivity contribution in [2.75, 3.05) is 5.32 Å². The predicted octanol–water partition coefficient (Wildman–Crippen LogP) is 6.01. The van der Waals surface area contributed by atoms with Gasteiger partial charge in [0.2, 0.25) is 11.2 Å². The molecular formula is C23H16ClN5O2. The summed E-state index contributed by atoms with van der Waals surface area (Å²) in [5.41, 5.74) is 3.40. The molecule has 0 aliphatic heterocycles. The molecule has 4 aromatic rings. The summed E-state index contributed by atoms with van der Waals surface area (Å²) in [4.78, 5) is 23.2. The Morgan fingerprint density at radius 3 is 2.29 bits per heavy atom. The highest BCUT2D eigenvalue weighted by Gasteiger charge is 2.09. The minimum atomic E-state index is -0.420. The molecule has 0 atom stereocenters. The molecule has 3 aromatic carbocycles. The van der Waals surface area contributed by atoms with Crippen LogP contribution in [0.5, 0.6) is 0 Å². The van der Waals surface area contributed by atoms with Gasteiger partial charge in [-0.05, 0) is 40.9 Å². The lowest BCUT2D eigenvalue weighted by Crippen LogP contribution is -2.02. The third kappa shape index (κ3) is 5.09. The van der Waals surface area contributed by atoms with Crippen LogP contribution in [0.15, 0.2) is 78.9 Å². The Balaban J connectivity index is 1.59. The zero-order valence-electron chi connectivity index (χ0n) is 16.1. The van der Waals surface area contributed by atoms with Crippen molar-refractivity contribution >= 4 is 41.1 Å². The molecule has 0 unspecified atom stereocenters. The van der Waals surface area contributed by atoms with Gasteiger partial charge in [0.05, 0.1) is 4.92 Å². The standard InChI is InChI=1S/C23H16ClN5O2/c24-22-26-21(18-7-2-1-3-8-18)27-23(28-22)25-20-9-5-4-6-17(20)13-10-16-11-14-19(15-12-16)29(30)31/h1-15H,(H,25,26,27,28)/b13-10+. The van der Waals surface area contributed by atoms with Crippen LogP contribution in [0.2, 0.25) is 5.28 Å². The van der Waals surface area contributed by atoms with Crippen molar-refractivity contribution in [3.63, 3.8) is 0 Å². The molecule has 0 bridgehead atoms. The lowest BCUT2D eigenvalue weighted by molar-refractivity contribution is -0.384. The first-order chi connectivity index (χ1) is 15.1. The molecule has 1 N–H and O–H groups in total. The van der Waals surface area contributed by atoms with Crippen LogP contribution in [0, 0.1) is 10.1 Å². The van der Waals surface area contributed by atoms with Crippen molar-refractivity contribution in [1.82, 2.24) is 15.0 Å². The van der Waals surface area contributed by atoms with Crippen LogP contribution < -0.4 is 5.32 Å². The second-order valence-electron chi connectivity index (χ2n) is 6.51. The number of hydrogen-bond acceptors (Lipinski definition) is 6. The van der Waals surface area contributed by atoms with Crippen LogP contribution >= 0.6 is 11.6 Å². The monoisotopic (exact) mass is 429 g/mol. The van der Waals surface area contributed by atoms with Gasteiger partial charge in [-0.2, -0.15) is 15.0 Å². The summed E-state index contributed by atoms with van der Waals surface area (Å²) in [6.07, 6.45) is 3.78. The summed E-state index contributed by atoms with van der Waals surface area (Å²) in [6.45, 7) is 0. The molecular weight excluding hydrogens is 414 g/mol. The van der Waals surface area contributed by atoms with Gasteiger partial charge in [-0.25, -0.2) is 0 Å². The van der Waals surface area contributed by atoms with E-state index >= 15 is 0 Å². The van der Waals surface area contributed by atoms with Crippen LogP contribution in [0.3, 0.4) is 0 Å². The topological polar surface area (TPSA) is 93.8 Å². The van der Waals surface area contributed by atoms with E-state index in [1.165, 1.54) is 12.1 Å². The summed E-state index contributed by atoms with van der Waals surface area (Å²) >= 11 is 6.12. The van der Waals surface area contributed by atoms with Crippen molar-refractivity contribution in [2.45, 2.75) is 0 Å². The van der Waals surface area contributed by atoms with Gasteiger partial charge in [0.1, 0.15) is 0 Å². The number of nitro groups is 1. The molecule has 0 amide bonds.